The minimum atomic E-state index is -0.177. The first-order valence-corrected chi connectivity index (χ1v) is 7.01. The van der Waals surface area contributed by atoms with Crippen LogP contribution >= 0.6 is 0 Å². The summed E-state index contributed by atoms with van der Waals surface area (Å²) in [6.07, 6.45) is 2.57. The van der Waals surface area contributed by atoms with Gasteiger partial charge < -0.3 is 5.32 Å². The Morgan fingerprint density at radius 3 is 2.75 bits per heavy atom. The van der Waals surface area contributed by atoms with Gasteiger partial charge in [-0.1, -0.05) is 19.1 Å². The Morgan fingerprint density at radius 2 is 2.05 bits per heavy atom. The summed E-state index contributed by atoms with van der Waals surface area (Å²) in [5, 5.41) is 3.47. The molecule has 0 aliphatic heterocycles. The van der Waals surface area contributed by atoms with Crippen molar-refractivity contribution in [1.29, 1.82) is 0 Å². The van der Waals surface area contributed by atoms with Crippen molar-refractivity contribution >= 4 is 0 Å². The molecular formula is C17H21FN2. The molecule has 2 aromatic rings. The van der Waals surface area contributed by atoms with E-state index in [9.17, 15) is 4.39 Å². The number of nitrogens with zero attached hydrogens (tertiary/aromatic N) is 1. The van der Waals surface area contributed by atoms with Crippen LogP contribution in [0.5, 0.6) is 0 Å². The van der Waals surface area contributed by atoms with Crippen molar-refractivity contribution < 1.29 is 4.39 Å². The van der Waals surface area contributed by atoms with Crippen LogP contribution in [0.15, 0.2) is 36.5 Å². The highest BCUT2D eigenvalue weighted by Gasteiger charge is 2.15. The molecule has 0 fully saturated rings. The Hall–Kier alpha value is -1.74. The fourth-order valence-corrected chi connectivity index (χ4v) is 2.48. The molecule has 106 valence electrons. The molecule has 3 heteroatoms. The molecule has 0 radical (unpaired) electrons. The first-order valence-electron chi connectivity index (χ1n) is 7.01. The minimum absolute atomic E-state index is 0.161. The first kappa shape index (κ1) is 14.7. The van der Waals surface area contributed by atoms with Gasteiger partial charge in [0.2, 0.25) is 0 Å². The first-order chi connectivity index (χ1) is 9.61. The van der Waals surface area contributed by atoms with Gasteiger partial charge in [-0.2, -0.15) is 0 Å². The third-order valence-corrected chi connectivity index (χ3v) is 3.61. The highest BCUT2D eigenvalue weighted by Crippen LogP contribution is 2.22. The van der Waals surface area contributed by atoms with Crippen molar-refractivity contribution in [3.05, 3.63) is 64.7 Å². The number of nitrogens with one attached hydrogen (secondary N) is 1. The van der Waals surface area contributed by atoms with Gasteiger partial charge in [0, 0.05) is 17.9 Å². The molecule has 1 N–H and O–H groups in total. The van der Waals surface area contributed by atoms with Crippen molar-refractivity contribution in [2.45, 2.75) is 33.2 Å². The molecule has 1 atom stereocenters. The van der Waals surface area contributed by atoms with E-state index in [4.69, 9.17) is 0 Å². The maximum Gasteiger partial charge on any atom is 0.123 e. The lowest BCUT2D eigenvalue weighted by molar-refractivity contribution is 0.541. The Labute approximate surface area is 120 Å². The standard InChI is InChI=1S/C17H21FN2/c1-4-19-17(16-6-5-9-20-13(16)3)11-14-10-15(18)8-7-12(14)2/h5-10,17,19H,4,11H2,1-3H3. The van der Waals surface area contributed by atoms with E-state index in [0.717, 1.165) is 29.8 Å². The summed E-state index contributed by atoms with van der Waals surface area (Å²) in [6.45, 7) is 6.98. The van der Waals surface area contributed by atoms with Gasteiger partial charge in [0.25, 0.3) is 0 Å². The van der Waals surface area contributed by atoms with E-state index in [2.05, 4.69) is 23.3 Å². The molecular weight excluding hydrogens is 251 g/mol. The minimum Gasteiger partial charge on any atom is -0.310 e. The molecule has 2 nitrogen and oxygen atoms in total. The lowest BCUT2D eigenvalue weighted by atomic mass is 9.95. The van der Waals surface area contributed by atoms with Crippen LogP contribution in [0.25, 0.3) is 0 Å². The average molecular weight is 272 g/mol. The third kappa shape index (κ3) is 3.42. The molecule has 0 aliphatic rings. The molecule has 1 aromatic heterocycles. The lowest BCUT2D eigenvalue weighted by Crippen LogP contribution is -2.24. The molecule has 0 saturated carbocycles. The van der Waals surface area contributed by atoms with Crippen LogP contribution in [0.2, 0.25) is 0 Å². The van der Waals surface area contributed by atoms with Crippen LogP contribution in [0.3, 0.4) is 0 Å². The second kappa shape index (κ2) is 6.62. The predicted molar refractivity (Wildman–Crippen MR) is 80.2 cm³/mol. The maximum absolute atomic E-state index is 13.4. The van der Waals surface area contributed by atoms with Gasteiger partial charge in [-0.25, -0.2) is 4.39 Å². The number of halogens is 1. The van der Waals surface area contributed by atoms with E-state index in [1.165, 1.54) is 11.6 Å². The average Bonchev–Trinajstić information content (AvgIpc) is 2.43. The quantitative estimate of drug-likeness (QED) is 0.897. The summed E-state index contributed by atoms with van der Waals surface area (Å²) in [4.78, 5) is 4.35. The number of aryl methyl sites for hydroxylation is 2. The zero-order valence-electron chi connectivity index (χ0n) is 12.3. The van der Waals surface area contributed by atoms with E-state index < -0.39 is 0 Å². The number of aromatic nitrogens is 1. The molecule has 0 aliphatic carbocycles. The van der Waals surface area contributed by atoms with E-state index in [0.29, 0.717) is 0 Å². The number of likely N-dealkylation sites (N-methyl/N-ethyl adjacent to an activating group) is 1. The zero-order chi connectivity index (χ0) is 14.5. The monoisotopic (exact) mass is 272 g/mol. The smallest absolute Gasteiger partial charge is 0.123 e. The fraction of sp³-hybridized carbons (Fsp3) is 0.353. The number of pyridine rings is 1. The third-order valence-electron chi connectivity index (χ3n) is 3.61. The lowest BCUT2D eigenvalue weighted by Gasteiger charge is -2.21. The summed E-state index contributed by atoms with van der Waals surface area (Å²) in [6, 6.07) is 9.18. The van der Waals surface area contributed by atoms with Crippen LogP contribution in [0.4, 0.5) is 4.39 Å². The second-order valence-electron chi connectivity index (χ2n) is 5.06. The van der Waals surface area contributed by atoms with Crippen molar-refractivity contribution in [3.8, 4) is 0 Å². The van der Waals surface area contributed by atoms with Crippen molar-refractivity contribution in [2.24, 2.45) is 0 Å². The SMILES string of the molecule is CCNC(Cc1cc(F)ccc1C)c1cccnc1C. The second-order valence-corrected chi connectivity index (χ2v) is 5.06. The van der Waals surface area contributed by atoms with Crippen LogP contribution in [0.1, 0.15) is 35.3 Å². The normalized spacial score (nSPS) is 12.4. The maximum atomic E-state index is 13.4. The van der Waals surface area contributed by atoms with E-state index in [1.807, 2.05) is 26.0 Å². The van der Waals surface area contributed by atoms with Gasteiger partial charge in [0.15, 0.2) is 0 Å². The molecule has 0 amide bonds. The molecule has 1 unspecified atom stereocenters. The van der Waals surface area contributed by atoms with Crippen LogP contribution in [-0.2, 0) is 6.42 Å². The van der Waals surface area contributed by atoms with Crippen molar-refractivity contribution in [3.63, 3.8) is 0 Å². The Bertz CT molecular complexity index is 581. The summed E-state index contributed by atoms with van der Waals surface area (Å²) in [5.74, 6) is -0.177. The zero-order valence-corrected chi connectivity index (χ0v) is 12.3. The molecule has 20 heavy (non-hydrogen) atoms. The number of hydrogen-bond donors (Lipinski definition) is 1. The summed E-state index contributed by atoms with van der Waals surface area (Å²) < 4.78 is 13.4. The van der Waals surface area contributed by atoms with Gasteiger partial charge in [0.1, 0.15) is 5.82 Å². The highest BCUT2D eigenvalue weighted by molar-refractivity contribution is 5.31. The van der Waals surface area contributed by atoms with Gasteiger partial charge in [-0.05, 0) is 61.7 Å². The predicted octanol–water partition coefficient (Wildman–Crippen LogP) is 3.73. The molecule has 0 spiro atoms. The fourth-order valence-electron chi connectivity index (χ4n) is 2.48. The molecule has 0 saturated heterocycles. The van der Waals surface area contributed by atoms with Gasteiger partial charge in [-0.15, -0.1) is 0 Å². The van der Waals surface area contributed by atoms with Crippen LogP contribution in [-0.4, -0.2) is 11.5 Å². The van der Waals surface area contributed by atoms with Gasteiger partial charge in [0.05, 0.1) is 0 Å². The molecule has 1 aromatic carbocycles. The van der Waals surface area contributed by atoms with Gasteiger partial charge >= 0.3 is 0 Å². The topological polar surface area (TPSA) is 24.9 Å². The summed E-state index contributed by atoms with van der Waals surface area (Å²) in [5.41, 5.74) is 4.36. The Kier molecular flexibility index (Phi) is 4.85. The van der Waals surface area contributed by atoms with Crippen LogP contribution < -0.4 is 5.32 Å². The summed E-state index contributed by atoms with van der Waals surface area (Å²) >= 11 is 0. The van der Waals surface area contributed by atoms with E-state index in [-0.39, 0.29) is 11.9 Å². The van der Waals surface area contributed by atoms with Gasteiger partial charge in [-0.3, -0.25) is 4.98 Å². The number of rotatable bonds is 5. The van der Waals surface area contributed by atoms with Crippen molar-refractivity contribution in [2.75, 3.05) is 6.54 Å². The molecule has 0 bridgehead atoms. The molecule has 1 heterocycles. The van der Waals surface area contributed by atoms with E-state index in [1.54, 1.807) is 12.3 Å². The van der Waals surface area contributed by atoms with Crippen molar-refractivity contribution in [1.82, 2.24) is 10.3 Å². The molecule has 2 rings (SSSR count). The van der Waals surface area contributed by atoms with Crippen LogP contribution in [0, 0.1) is 19.7 Å². The number of hydrogen-bond acceptors (Lipinski definition) is 2. The number of benzene rings is 1. The van der Waals surface area contributed by atoms with E-state index >= 15 is 0 Å². The largest absolute Gasteiger partial charge is 0.310 e. The Balaban J connectivity index is 2.30. The summed E-state index contributed by atoms with van der Waals surface area (Å²) in [7, 11) is 0. The Morgan fingerprint density at radius 1 is 1.25 bits per heavy atom. The highest BCUT2D eigenvalue weighted by atomic mass is 19.1.